The van der Waals surface area contributed by atoms with Crippen LogP contribution < -0.4 is 4.74 Å². The van der Waals surface area contributed by atoms with Gasteiger partial charge in [-0.25, -0.2) is 0 Å². The number of halogens is 1. The van der Waals surface area contributed by atoms with Crippen molar-refractivity contribution in [3.63, 3.8) is 0 Å². The molecule has 1 rings (SSSR count). The first-order valence-electron chi connectivity index (χ1n) is 6.09. The molecule has 0 saturated heterocycles. The van der Waals surface area contributed by atoms with E-state index in [-0.39, 0.29) is 10.6 Å². The second-order valence-electron chi connectivity index (χ2n) is 4.16. The summed E-state index contributed by atoms with van der Waals surface area (Å²) >= 11 is 5.58. The smallest absolute Gasteiger partial charge is 0.275 e. The molecular weight excluding hydrogens is 254 g/mol. The molecule has 0 N–H and O–H groups in total. The Hall–Kier alpha value is -1.29. The Labute approximate surface area is 112 Å². The molecule has 0 bridgehead atoms. The quantitative estimate of drug-likeness (QED) is 0.310. The first-order valence-corrected chi connectivity index (χ1v) is 6.62. The maximum atomic E-state index is 10.8. The number of aryl methyl sites for hydroxylation is 1. The van der Waals surface area contributed by atoms with Crippen LogP contribution in [0.1, 0.15) is 31.2 Å². The highest BCUT2D eigenvalue weighted by Crippen LogP contribution is 2.23. The van der Waals surface area contributed by atoms with Crippen molar-refractivity contribution >= 4 is 17.3 Å². The number of nitrogens with zero attached hydrogens (tertiary/aromatic N) is 1. The minimum absolute atomic E-state index is 0.106. The van der Waals surface area contributed by atoms with Crippen molar-refractivity contribution < 1.29 is 9.66 Å². The average molecular weight is 272 g/mol. The van der Waals surface area contributed by atoms with Gasteiger partial charge in [-0.15, -0.1) is 11.6 Å². The number of nitro groups is 1. The number of benzene rings is 1. The van der Waals surface area contributed by atoms with Crippen LogP contribution in [0.3, 0.4) is 0 Å². The zero-order valence-corrected chi connectivity index (χ0v) is 11.3. The maximum Gasteiger partial charge on any atom is 0.275 e. The molecule has 0 aliphatic rings. The Balaban J connectivity index is 2.38. The van der Waals surface area contributed by atoms with E-state index in [4.69, 9.17) is 16.3 Å². The third-order valence-corrected chi connectivity index (χ3v) is 2.94. The zero-order valence-electron chi connectivity index (χ0n) is 10.5. The Kier molecular flexibility index (Phi) is 6.50. The average Bonchev–Trinajstić information content (AvgIpc) is 2.35. The van der Waals surface area contributed by atoms with Crippen LogP contribution in [0.4, 0.5) is 5.69 Å². The molecule has 0 aliphatic heterocycles. The highest BCUT2D eigenvalue weighted by molar-refractivity contribution is 6.17. The van der Waals surface area contributed by atoms with Gasteiger partial charge in [-0.3, -0.25) is 10.1 Å². The molecule has 1 aromatic rings. The van der Waals surface area contributed by atoms with Gasteiger partial charge >= 0.3 is 0 Å². The van der Waals surface area contributed by atoms with Crippen LogP contribution in [-0.2, 0) is 0 Å². The minimum atomic E-state index is -0.386. The second kappa shape index (κ2) is 7.93. The lowest BCUT2D eigenvalue weighted by molar-refractivity contribution is -0.385. The number of nitro benzene ring substituents is 1. The van der Waals surface area contributed by atoms with Crippen molar-refractivity contribution in [2.24, 2.45) is 0 Å². The molecule has 0 atom stereocenters. The van der Waals surface area contributed by atoms with Crippen LogP contribution in [0.15, 0.2) is 18.2 Å². The van der Waals surface area contributed by atoms with Crippen LogP contribution >= 0.6 is 11.6 Å². The Morgan fingerprint density at radius 3 is 2.67 bits per heavy atom. The van der Waals surface area contributed by atoms with Crippen LogP contribution in [0.2, 0.25) is 0 Å². The van der Waals surface area contributed by atoms with Gasteiger partial charge in [-0.1, -0.05) is 12.8 Å². The van der Waals surface area contributed by atoms with Crippen LogP contribution in [0.5, 0.6) is 5.75 Å². The highest BCUT2D eigenvalue weighted by atomic mass is 35.5. The van der Waals surface area contributed by atoms with Gasteiger partial charge in [0.15, 0.2) is 0 Å². The summed E-state index contributed by atoms with van der Waals surface area (Å²) in [6, 6.07) is 4.95. The van der Waals surface area contributed by atoms with Crippen LogP contribution in [-0.4, -0.2) is 17.4 Å². The Bertz CT molecular complexity index is 396. The monoisotopic (exact) mass is 271 g/mol. The summed E-state index contributed by atoms with van der Waals surface area (Å²) in [6.07, 6.45) is 4.14. The summed E-state index contributed by atoms with van der Waals surface area (Å²) in [5.41, 5.74) is 0.754. The van der Waals surface area contributed by atoms with E-state index in [0.717, 1.165) is 25.7 Å². The van der Waals surface area contributed by atoms with Crippen molar-refractivity contribution in [2.45, 2.75) is 32.6 Å². The maximum absolute atomic E-state index is 10.8. The number of rotatable bonds is 8. The molecular formula is C13H18ClNO3. The summed E-state index contributed by atoms with van der Waals surface area (Å²) in [6.45, 7) is 2.30. The van der Waals surface area contributed by atoms with Crippen molar-refractivity contribution in [3.8, 4) is 5.75 Å². The van der Waals surface area contributed by atoms with Crippen LogP contribution in [0, 0.1) is 17.0 Å². The molecule has 0 unspecified atom stereocenters. The van der Waals surface area contributed by atoms with Gasteiger partial charge < -0.3 is 4.74 Å². The van der Waals surface area contributed by atoms with E-state index < -0.39 is 0 Å². The fraction of sp³-hybridized carbons (Fsp3) is 0.538. The number of alkyl halides is 1. The van der Waals surface area contributed by atoms with Gasteiger partial charge in [0.25, 0.3) is 5.69 Å². The van der Waals surface area contributed by atoms with Crippen molar-refractivity contribution in [1.82, 2.24) is 0 Å². The van der Waals surface area contributed by atoms with E-state index in [2.05, 4.69) is 0 Å². The van der Waals surface area contributed by atoms with E-state index in [9.17, 15) is 10.1 Å². The topological polar surface area (TPSA) is 52.4 Å². The predicted octanol–water partition coefficient (Wildman–Crippen LogP) is 4.08. The van der Waals surface area contributed by atoms with Crippen molar-refractivity contribution in [3.05, 3.63) is 33.9 Å². The molecule has 5 heteroatoms. The molecule has 100 valence electrons. The van der Waals surface area contributed by atoms with E-state index in [1.165, 1.54) is 6.07 Å². The Morgan fingerprint density at radius 2 is 2.00 bits per heavy atom. The summed E-state index contributed by atoms with van der Waals surface area (Å²) < 4.78 is 5.49. The summed E-state index contributed by atoms with van der Waals surface area (Å²) in [7, 11) is 0. The second-order valence-corrected chi connectivity index (χ2v) is 4.54. The lowest BCUT2D eigenvalue weighted by Crippen LogP contribution is -1.99. The summed E-state index contributed by atoms with van der Waals surface area (Å²) in [4.78, 5) is 10.4. The third-order valence-electron chi connectivity index (χ3n) is 2.67. The van der Waals surface area contributed by atoms with Gasteiger partial charge in [0, 0.05) is 11.4 Å². The normalized spacial score (nSPS) is 10.3. The molecule has 0 saturated carbocycles. The van der Waals surface area contributed by atoms with E-state index in [1.54, 1.807) is 19.1 Å². The third kappa shape index (κ3) is 4.92. The molecule has 1 aromatic carbocycles. The molecule has 18 heavy (non-hydrogen) atoms. The Morgan fingerprint density at radius 1 is 1.28 bits per heavy atom. The number of hydrogen-bond donors (Lipinski definition) is 0. The molecule has 0 heterocycles. The largest absolute Gasteiger partial charge is 0.493 e. The lowest BCUT2D eigenvalue weighted by atomic mass is 10.2. The van der Waals surface area contributed by atoms with E-state index in [1.807, 2.05) is 0 Å². The van der Waals surface area contributed by atoms with Gasteiger partial charge in [0.2, 0.25) is 0 Å². The number of hydrogen-bond acceptors (Lipinski definition) is 3. The first kappa shape index (κ1) is 14.8. The van der Waals surface area contributed by atoms with Gasteiger partial charge in [-0.2, -0.15) is 0 Å². The molecule has 0 spiro atoms. The fourth-order valence-electron chi connectivity index (χ4n) is 1.62. The zero-order chi connectivity index (χ0) is 13.4. The van der Waals surface area contributed by atoms with Crippen LogP contribution in [0.25, 0.3) is 0 Å². The van der Waals surface area contributed by atoms with Crippen molar-refractivity contribution in [1.29, 1.82) is 0 Å². The minimum Gasteiger partial charge on any atom is -0.493 e. The lowest BCUT2D eigenvalue weighted by Gasteiger charge is -2.06. The van der Waals surface area contributed by atoms with Gasteiger partial charge in [0.1, 0.15) is 5.75 Å². The SMILES string of the molecule is Cc1ccc(OCCCCCCCl)cc1[N+](=O)[O-]. The fourth-order valence-corrected chi connectivity index (χ4v) is 1.80. The van der Waals surface area contributed by atoms with E-state index in [0.29, 0.717) is 23.8 Å². The molecule has 0 fully saturated rings. The standard InChI is InChI=1S/C13H18ClNO3/c1-11-6-7-12(10-13(11)15(16)17)18-9-5-3-2-4-8-14/h6-7,10H,2-5,8-9H2,1H3. The molecule has 0 radical (unpaired) electrons. The molecule has 0 amide bonds. The van der Waals surface area contributed by atoms with E-state index >= 15 is 0 Å². The molecule has 4 nitrogen and oxygen atoms in total. The summed E-state index contributed by atoms with van der Waals surface area (Å²) in [5, 5.41) is 10.8. The molecule has 0 aromatic heterocycles. The highest BCUT2D eigenvalue weighted by Gasteiger charge is 2.11. The predicted molar refractivity (Wildman–Crippen MR) is 72.5 cm³/mol. The van der Waals surface area contributed by atoms with Gasteiger partial charge in [0.05, 0.1) is 17.6 Å². The summed E-state index contributed by atoms with van der Waals surface area (Å²) in [5.74, 6) is 1.26. The van der Waals surface area contributed by atoms with Crippen molar-refractivity contribution in [2.75, 3.05) is 12.5 Å². The number of ether oxygens (including phenoxy) is 1. The number of unbranched alkanes of at least 4 members (excludes halogenated alkanes) is 3. The first-order chi connectivity index (χ1) is 8.65. The van der Waals surface area contributed by atoms with Gasteiger partial charge in [-0.05, 0) is 31.9 Å². The molecule has 0 aliphatic carbocycles.